The highest BCUT2D eigenvalue weighted by molar-refractivity contribution is 5.86. The molecular weight excluding hydrogens is 256 g/mol. The van der Waals surface area contributed by atoms with E-state index in [4.69, 9.17) is 4.74 Å². The van der Waals surface area contributed by atoms with Crippen LogP contribution < -0.4 is 10.6 Å². The number of rotatable bonds is 6. The maximum atomic E-state index is 11.5. The summed E-state index contributed by atoms with van der Waals surface area (Å²) < 4.78 is 5.43. The van der Waals surface area contributed by atoms with Crippen molar-refractivity contribution in [1.29, 1.82) is 0 Å². The summed E-state index contributed by atoms with van der Waals surface area (Å²) in [5, 5.41) is 5.03. The van der Waals surface area contributed by atoms with E-state index in [0.717, 1.165) is 5.56 Å². The first-order valence-corrected chi connectivity index (χ1v) is 6.74. The number of ether oxygens (including phenoxy) is 1. The SMILES string of the molecule is CC.CNC(=O)C(COCc1ccccc1)NC(C)=O. The van der Waals surface area contributed by atoms with Gasteiger partial charge in [-0.25, -0.2) is 0 Å². The average Bonchev–Trinajstić information content (AvgIpc) is 2.48. The molecule has 1 aromatic carbocycles. The molecule has 0 saturated carbocycles. The van der Waals surface area contributed by atoms with Gasteiger partial charge in [0.1, 0.15) is 6.04 Å². The van der Waals surface area contributed by atoms with Crippen molar-refractivity contribution in [2.24, 2.45) is 0 Å². The Morgan fingerprint density at radius 2 is 1.80 bits per heavy atom. The van der Waals surface area contributed by atoms with E-state index in [1.165, 1.54) is 14.0 Å². The van der Waals surface area contributed by atoms with E-state index in [0.29, 0.717) is 6.61 Å². The summed E-state index contributed by atoms with van der Waals surface area (Å²) in [5.41, 5.74) is 1.02. The lowest BCUT2D eigenvalue weighted by atomic mass is 10.2. The predicted molar refractivity (Wildman–Crippen MR) is 79.1 cm³/mol. The summed E-state index contributed by atoms with van der Waals surface area (Å²) in [6, 6.07) is 8.98. The molecule has 0 saturated heterocycles. The van der Waals surface area contributed by atoms with E-state index in [-0.39, 0.29) is 18.4 Å². The van der Waals surface area contributed by atoms with Gasteiger partial charge >= 0.3 is 0 Å². The fourth-order valence-corrected chi connectivity index (χ4v) is 1.47. The molecule has 5 nitrogen and oxygen atoms in total. The van der Waals surface area contributed by atoms with Gasteiger partial charge in [0, 0.05) is 14.0 Å². The van der Waals surface area contributed by atoms with Crippen LogP contribution in [0.3, 0.4) is 0 Å². The van der Waals surface area contributed by atoms with Crippen LogP contribution in [0.5, 0.6) is 0 Å². The van der Waals surface area contributed by atoms with Crippen LogP contribution in [0.25, 0.3) is 0 Å². The molecule has 0 radical (unpaired) electrons. The third kappa shape index (κ3) is 7.53. The highest BCUT2D eigenvalue weighted by Gasteiger charge is 2.17. The third-order valence-electron chi connectivity index (χ3n) is 2.34. The molecule has 1 unspecified atom stereocenters. The molecule has 5 heteroatoms. The van der Waals surface area contributed by atoms with Gasteiger partial charge in [-0.1, -0.05) is 44.2 Å². The zero-order chi connectivity index (χ0) is 15.4. The van der Waals surface area contributed by atoms with Crippen molar-refractivity contribution in [3.63, 3.8) is 0 Å². The molecule has 0 aliphatic carbocycles. The molecule has 2 N–H and O–H groups in total. The molecular formula is C15H24N2O3. The summed E-state index contributed by atoms with van der Waals surface area (Å²) in [4.78, 5) is 22.4. The Bertz CT molecular complexity index is 393. The number of benzene rings is 1. The van der Waals surface area contributed by atoms with Gasteiger partial charge in [-0.05, 0) is 5.56 Å². The number of carbonyl (C=O) groups excluding carboxylic acids is 2. The minimum Gasteiger partial charge on any atom is -0.374 e. The van der Waals surface area contributed by atoms with Crippen molar-refractivity contribution in [3.8, 4) is 0 Å². The van der Waals surface area contributed by atoms with E-state index in [1.807, 2.05) is 44.2 Å². The van der Waals surface area contributed by atoms with Crippen molar-refractivity contribution >= 4 is 11.8 Å². The predicted octanol–water partition coefficient (Wildman–Crippen LogP) is 1.48. The highest BCUT2D eigenvalue weighted by Crippen LogP contribution is 2.01. The summed E-state index contributed by atoms with van der Waals surface area (Å²) in [6.45, 7) is 5.93. The Hall–Kier alpha value is -1.88. The lowest BCUT2D eigenvalue weighted by molar-refractivity contribution is -0.129. The molecule has 112 valence electrons. The molecule has 1 aromatic rings. The van der Waals surface area contributed by atoms with Crippen LogP contribution in [0.4, 0.5) is 0 Å². The van der Waals surface area contributed by atoms with Crippen molar-refractivity contribution in [2.45, 2.75) is 33.4 Å². The minimum atomic E-state index is -0.656. The fraction of sp³-hybridized carbons (Fsp3) is 0.467. The highest BCUT2D eigenvalue weighted by atomic mass is 16.5. The van der Waals surface area contributed by atoms with Crippen LogP contribution in [0, 0.1) is 0 Å². The van der Waals surface area contributed by atoms with Crippen molar-refractivity contribution in [1.82, 2.24) is 10.6 Å². The smallest absolute Gasteiger partial charge is 0.244 e. The lowest BCUT2D eigenvalue weighted by Gasteiger charge is -2.16. The molecule has 0 aliphatic heterocycles. The van der Waals surface area contributed by atoms with Crippen LogP contribution in [0.1, 0.15) is 26.3 Å². The van der Waals surface area contributed by atoms with Crippen molar-refractivity contribution in [2.75, 3.05) is 13.7 Å². The number of likely N-dealkylation sites (N-methyl/N-ethyl adjacent to an activating group) is 1. The fourth-order valence-electron chi connectivity index (χ4n) is 1.47. The first-order valence-electron chi connectivity index (χ1n) is 6.74. The summed E-state index contributed by atoms with van der Waals surface area (Å²) in [6.07, 6.45) is 0. The molecule has 0 fully saturated rings. The van der Waals surface area contributed by atoms with E-state index < -0.39 is 6.04 Å². The molecule has 20 heavy (non-hydrogen) atoms. The van der Waals surface area contributed by atoms with Crippen molar-refractivity contribution in [3.05, 3.63) is 35.9 Å². The minimum absolute atomic E-state index is 0.147. The maximum absolute atomic E-state index is 11.5. The van der Waals surface area contributed by atoms with E-state index in [9.17, 15) is 9.59 Å². The largest absolute Gasteiger partial charge is 0.374 e. The zero-order valence-corrected chi connectivity index (χ0v) is 12.6. The van der Waals surface area contributed by atoms with Gasteiger partial charge in [0.2, 0.25) is 11.8 Å². The second-order valence-electron chi connectivity index (χ2n) is 3.87. The molecule has 1 rings (SSSR count). The maximum Gasteiger partial charge on any atom is 0.244 e. The molecule has 0 aliphatic rings. The van der Waals surface area contributed by atoms with Crippen LogP contribution in [0.15, 0.2) is 30.3 Å². The van der Waals surface area contributed by atoms with E-state index in [1.54, 1.807) is 0 Å². The van der Waals surface area contributed by atoms with E-state index in [2.05, 4.69) is 10.6 Å². The van der Waals surface area contributed by atoms with Gasteiger partial charge in [-0.2, -0.15) is 0 Å². The molecule has 1 atom stereocenters. The Kier molecular flexibility index (Phi) is 9.96. The van der Waals surface area contributed by atoms with Crippen LogP contribution in [-0.4, -0.2) is 31.5 Å². The quantitative estimate of drug-likeness (QED) is 0.829. The van der Waals surface area contributed by atoms with Gasteiger partial charge < -0.3 is 15.4 Å². The Morgan fingerprint density at radius 3 is 2.30 bits per heavy atom. The number of nitrogens with one attached hydrogen (secondary N) is 2. The lowest BCUT2D eigenvalue weighted by Crippen LogP contribution is -2.47. The van der Waals surface area contributed by atoms with Gasteiger partial charge in [0.05, 0.1) is 13.2 Å². The second kappa shape index (κ2) is 11.0. The summed E-state index contributed by atoms with van der Waals surface area (Å²) in [7, 11) is 1.52. The van der Waals surface area contributed by atoms with Crippen molar-refractivity contribution < 1.29 is 14.3 Å². The third-order valence-corrected chi connectivity index (χ3v) is 2.34. The van der Waals surface area contributed by atoms with Crippen LogP contribution >= 0.6 is 0 Å². The Morgan fingerprint density at radius 1 is 1.20 bits per heavy atom. The summed E-state index contributed by atoms with van der Waals surface area (Å²) >= 11 is 0. The second-order valence-corrected chi connectivity index (χ2v) is 3.87. The summed E-state index contributed by atoms with van der Waals surface area (Å²) in [5.74, 6) is -0.523. The normalized spacial score (nSPS) is 10.8. The molecule has 0 heterocycles. The molecule has 0 bridgehead atoms. The number of hydrogen-bond acceptors (Lipinski definition) is 3. The first kappa shape index (κ1) is 18.1. The average molecular weight is 280 g/mol. The molecule has 0 spiro atoms. The first-order chi connectivity index (χ1) is 9.63. The zero-order valence-electron chi connectivity index (χ0n) is 12.6. The van der Waals surface area contributed by atoms with Gasteiger partial charge in [-0.15, -0.1) is 0 Å². The molecule has 2 amide bonds. The van der Waals surface area contributed by atoms with Gasteiger partial charge in [0.25, 0.3) is 0 Å². The van der Waals surface area contributed by atoms with E-state index >= 15 is 0 Å². The Labute approximate surface area is 120 Å². The number of carbonyl (C=O) groups is 2. The van der Waals surface area contributed by atoms with Crippen LogP contribution in [0.2, 0.25) is 0 Å². The monoisotopic (exact) mass is 280 g/mol. The van der Waals surface area contributed by atoms with Gasteiger partial charge in [0.15, 0.2) is 0 Å². The topological polar surface area (TPSA) is 67.4 Å². The number of amides is 2. The standard InChI is InChI=1S/C13H18N2O3.C2H6/c1-10(16)15-12(13(17)14-2)9-18-8-11-6-4-3-5-7-11;1-2/h3-7,12H,8-9H2,1-2H3,(H,14,17)(H,15,16);1-2H3. The van der Waals surface area contributed by atoms with Crippen LogP contribution in [-0.2, 0) is 20.9 Å². The Balaban J connectivity index is 0.00000172. The molecule has 0 aromatic heterocycles. The van der Waals surface area contributed by atoms with Gasteiger partial charge in [-0.3, -0.25) is 9.59 Å². The number of hydrogen-bond donors (Lipinski definition) is 2.